The molecule has 1 aliphatic rings. The zero-order valence-corrected chi connectivity index (χ0v) is 14.7. The van der Waals surface area contributed by atoms with Gasteiger partial charge in [0.25, 0.3) is 5.69 Å². The van der Waals surface area contributed by atoms with Crippen LogP contribution in [0.25, 0.3) is 0 Å². The fourth-order valence-corrected chi connectivity index (χ4v) is 5.04. The number of sulfonamides is 1. The maximum absolute atomic E-state index is 13.1. The van der Waals surface area contributed by atoms with Crippen molar-refractivity contribution in [2.45, 2.75) is 45.1 Å². The van der Waals surface area contributed by atoms with Crippen molar-refractivity contribution in [2.24, 2.45) is 11.1 Å². The highest BCUT2D eigenvalue weighted by Gasteiger charge is 2.41. The van der Waals surface area contributed by atoms with E-state index in [-0.39, 0.29) is 35.1 Å². The number of nitro groups is 1. The number of hydrogen-bond acceptors (Lipinski definition) is 5. The standard InChI is InChI=1S/C15H23N3O4S/c1-10-5-6-11(2)14(13(10)18(19)20)23(21,22)17-8-7-12(16)15(3,4)9-17/h5-6,12H,7-9,16H2,1-4H3. The third kappa shape index (κ3) is 3.11. The van der Waals surface area contributed by atoms with E-state index in [2.05, 4.69) is 0 Å². The molecule has 7 nitrogen and oxygen atoms in total. The summed E-state index contributed by atoms with van der Waals surface area (Å²) in [6.45, 7) is 7.49. The summed E-state index contributed by atoms with van der Waals surface area (Å²) in [6, 6.07) is 3.08. The van der Waals surface area contributed by atoms with Gasteiger partial charge in [0, 0.05) is 24.7 Å². The smallest absolute Gasteiger partial charge is 0.292 e. The molecule has 0 amide bonds. The highest BCUT2D eigenvalue weighted by Crippen LogP contribution is 2.36. The van der Waals surface area contributed by atoms with E-state index in [0.29, 0.717) is 17.5 Å². The minimum atomic E-state index is -3.95. The van der Waals surface area contributed by atoms with Gasteiger partial charge in [0.1, 0.15) is 0 Å². The predicted molar refractivity (Wildman–Crippen MR) is 87.7 cm³/mol. The third-order valence-electron chi connectivity index (χ3n) is 4.59. The van der Waals surface area contributed by atoms with Crippen molar-refractivity contribution >= 4 is 15.7 Å². The van der Waals surface area contributed by atoms with Crippen LogP contribution in [0.4, 0.5) is 5.69 Å². The number of nitrogens with zero attached hydrogens (tertiary/aromatic N) is 2. The molecule has 1 saturated heterocycles. The monoisotopic (exact) mass is 341 g/mol. The summed E-state index contributed by atoms with van der Waals surface area (Å²) in [4.78, 5) is 10.6. The van der Waals surface area contributed by atoms with E-state index in [1.165, 1.54) is 4.31 Å². The van der Waals surface area contributed by atoms with Gasteiger partial charge in [-0.3, -0.25) is 10.1 Å². The van der Waals surface area contributed by atoms with Crippen molar-refractivity contribution in [3.8, 4) is 0 Å². The average molecular weight is 341 g/mol. The molecule has 23 heavy (non-hydrogen) atoms. The zero-order chi connectivity index (χ0) is 17.6. The van der Waals surface area contributed by atoms with Crippen molar-refractivity contribution in [1.29, 1.82) is 0 Å². The van der Waals surface area contributed by atoms with Crippen molar-refractivity contribution in [3.63, 3.8) is 0 Å². The van der Waals surface area contributed by atoms with Gasteiger partial charge in [-0.05, 0) is 31.2 Å². The topological polar surface area (TPSA) is 107 Å². The SMILES string of the molecule is Cc1ccc(C)c(S(=O)(=O)N2CCC(N)C(C)(C)C2)c1[N+](=O)[O-]. The maximum Gasteiger partial charge on any atom is 0.292 e. The van der Waals surface area contributed by atoms with E-state index in [4.69, 9.17) is 5.73 Å². The lowest BCUT2D eigenvalue weighted by molar-refractivity contribution is -0.388. The van der Waals surface area contributed by atoms with Gasteiger partial charge in [-0.2, -0.15) is 4.31 Å². The Morgan fingerprint density at radius 1 is 1.30 bits per heavy atom. The van der Waals surface area contributed by atoms with Crippen LogP contribution in [0.2, 0.25) is 0 Å². The van der Waals surface area contributed by atoms with E-state index < -0.39 is 14.9 Å². The lowest BCUT2D eigenvalue weighted by Gasteiger charge is -2.41. The number of nitro benzene ring substituents is 1. The molecule has 0 saturated carbocycles. The fourth-order valence-electron chi connectivity index (χ4n) is 2.98. The van der Waals surface area contributed by atoms with Gasteiger partial charge < -0.3 is 5.73 Å². The predicted octanol–water partition coefficient (Wildman–Crippen LogP) is 1.96. The minimum Gasteiger partial charge on any atom is -0.327 e. The molecule has 8 heteroatoms. The van der Waals surface area contributed by atoms with Gasteiger partial charge in [-0.1, -0.05) is 26.0 Å². The molecule has 0 radical (unpaired) electrons. The average Bonchev–Trinajstić information content (AvgIpc) is 2.43. The molecule has 0 bridgehead atoms. The van der Waals surface area contributed by atoms with E-state index in [0.717, 1.165) is 0 Å². The number of aryl methyl sites for hydroxylation is 2. The van der Waals surface area contributed by atoms with Gasteiger partial charge in [-0.25, -0.2) is 8.42 Å². The van der Waals surface area contributed by atoms with Gasteiger partial charge in [0.05, 0.1) is 4.92 Å². The fraction of sp³-hybridized carbons (Fsp3) is 0.600. The van der Waals surface area contributed by atoms with E-state index in [1.807, 2.05) is 13.8 Å². The molecule has 128 valence electrons. The molecule has 1 heterocycles. The molecule has 1 fully saturated rings. The van der Waals surface area contributed by atoms with E-state index >= 15 is 0 Å². The maximum atomic E-state index is 13.1. The van der Waals surface area contributed by atoms with Crippen LogP contribution < -0.4 is 5.73 Å². The van der Waals surface area contributed by atoms with E-state index in [9.17, 15) is 18.5 Å². The Bertz CT molecular complexity index is 743. The second kappa shape index (κ2) is 5.85. The van der Waals surface area contributed by atoms with Gasteiger partial charge >= 0.3 is 0 Å². The zero-order valence-electron chi connectivity index (χ0n) is 13.9. The van der Waals surface area contributed by atoms with Crippen molar-refractivity contribution < 1.29 is 13.3 Å². The molecule has 2 rings (SSSR count). The lowest BCUT2D eigenvalue weighted by Crippen LogP contribution is -2.54. The summed E-state index contributed by atoms with van der Waals surface area (Å²) < 4.78 is 27.4. The summed E-state index contributed by atoms with van der Waals surface area (Å²) in [5.41, 5.74) is 6.07. The first-order valence-electron chi connectivity index (χ1n) is 7.49. The van der Waals surface area contributed by atoms with Crippen molar-refractivity contribution in [1.82, 2.24) is 4.31 Å². The van der Waals surface area contributed by atoms with Crippen LogP contribution in [0.1, 0.15) is 31.4 Å². The Labute approximate surface area is 136 Å². The molecule has 0 aliphatic carbocycles. The number of benzene rings is 1. The second-order valence-electron chi connectivity index (χ2n) is 6.86. The van der Waals surface area contributed by atoms with Gasteiger partial charge in [0.2, 0.25) is 10.0 Å². The summed E-state index contributed by atoms with van der Waals surface area (Å²) in [5.74, 6) is 0. The Balaban J connectivity index is 2.58. The van der Waals surface area contributed by atoms with E-state index in [1.54, 1.807) is 26.0 Å². The first kappa shape index (κ1) is 17.8. The Morgan fingerprint density at radius 3 is 2.39 bits per heavy atom. The molecule has 1 aromatic rings. The minimum absolute atomic E-state index is 0.0949. The quantitative estimate of drug-likeness (QED) is 0.668. The highest BCUT2D eigenvalue weighted by atomic mass is 32.2. The largest absolute Gasteiger partial charge is 0.327 e. The number of nitrogens with two attached hydrogens (primary N) is 1. The van der Waals surface area contributed by atoms with Crippen LogP contribution in [0.15, 0.2) is 17.0 Å². The Morgan fingerprint density at radius 2 is 1.87 bits per heavy atom. The summed E-state index contributed by atoms with van der Waals surface area (Å²) in [6.07, 6.45) is 0.533. The number of rotatable bonds is 3. The molecular weight excluding hydrogens is 318 g/mol. The molecule has 1 atom stereocenters. The second-order valence-corrected chi connectivity index (χ2v) is 8.73. The van der Waals surface area contributed by atoms with Crippen molar-refractivity contribution in [2.75, 3.05) is 13.1 Å². The van der Waals surface area contributed by atoms with Crippen LogP contribution in [0.3, 0.4) is 0 Å². The molecule has 2 N–H and O–H groups in total. The van der Waals surface area contributed by atoms with Crippen LogP contribution >= 0.6 is 0 Å². The molecule has 0 aromatic heterocycles. The summed E-state index contributed by atoms with van der Waals surface area (Å²) >= 11 is 0. The first-order valence-corrected chi connectivity index (χ1v) is 8.93. The number of piperidine rings is 1. The van der Waals surface area contributed by atoms with Gasteiger partial charge in [-0.15, -0.1) is 0 Å². The van der Waals surface area contributed by atoms with Crippen LogP contribution in [-0.4, -0.2) is 36.8 Å². The molecule has 1 aromatic carbocycles. The van der Waals surface area contributed by atoms with Crippen LogP contribution in [0, 0.1) is 29.4 Å². The molecular formula is C15H23N3O4S. The Hall–Kier alpha value is -1.51. The number of hydrogen-bond donors (Lipinski definition) is 1. The molecule has 1 aliphatic heterocycles. The van der Waals surface area contributed by atoms with Gasteiger partial charge in [0.15, 0.2) is 4.90 Å². The van der Waals surface area contributed by atoms with Crippen LogP contribution in [0.5, 0.6) is 0 Å². The normalized spacial score (nSPS) is 22.0. The molecule has 1 unspecified atom stereocenters. The molecule has 0 spiro atoms. The lowest BCUT2D eigenvalue weighted by atomic mass is 9.81. The first-order chi connectivity index (χ1) is 10.5. The third-order valence-corrected chi connectivity index (χ3v) is 6.61. The van der Waals surface area contributed by atoms with Crippen molar-refractivity contribution in [3.05, 3.63) is 33.4 Å². The van der Waals surface area contributed by atoms with Crippen LogP contribution in [-0.2, 0) is 10.0 Å². The Kier molecular flexibility index (Phi) is 4.53. The summed E-state index contributed by atoms with van der Waals surface area (Å²) in [7, 11) is -3.95. The summed E-state index contributed by atoms with van der Waals surface area (Å²) in [5, 5.41) is 11.4. The highest BCUT2D eigenvalue weighted by molar-refractivity contribution is 7.89.